The highest BCUT2D eigenvalue weighted by atomic mass is 15.1. The van der Waals surface area contributed by atoms with E-state index in [1.165, 1.54) is 0 Å². The third-order valence-electron chi connectivity index (χ3n) is 2.96. The Kier molecular flexibility index (Phi) is 5.60. The highest BCUT2D eigenvalue weighted by Gasteiger charge is 2.03. The first-order chi connectivity index (χ1) is 8.52. The lowest BCUT2D eigenvalue weighted by molar-refractivity contribution is 0.273. The smallest absolute Gasteiger partial charge is 0.127 e. The topological polar surface area (TPSA) is 52.0 Å². The van der Waals surface area contributed by atoms with Gasteiger partial charge >= 0.3 is 0 Å². The summed E-state index contributed by atoms with van der Waals surface area (Å²) in [7, 11) is 2.13. The van der Waals surface area contributed by atoms with Gasteiger partial charge in [-0.1, -0.05) is 0 Å². The molecule has 0 atom stereocenters. The fraction of sp³-hybridized carbons (Fsp3) is 0.571. The third kappa shape index (κ3) is 4.72. The molecule has 0 amide bonds. The number of nitrogens with one attached hydrogen (secondary N) is 1. The van der Waals surface area contributed by atoms with Gasteiger partial charge in [0, 0.05) is 18.3 Å². The Morgan fingerprint density at radius 1 is 1.44 bits per heavy atom. The van der Waals surface area contributed by atoms with Gasteiger partial charge in [-0.3, -0.25) is 0 Å². The zero-order chi connectivity index (χ0) is 13.5. The molecule has 1 rings (SSSR count). The molecule has 18 heavy (non-hydrogen) atoms. The van der Waals surface area contributed by atoms with Crippen LogP contribution in [0.2, 0.25) is 0 Å². The molecular weight excluding hydrogens is 224 g/mol. The summed E-state index contributed by atoms with van der Waals surface area (Å²) in [6, 6.07) is 6.30. The SMILES string of the molecule is Cc1cc(C#N)cc(NCCCN(C)C(C)C)n1. The molecule has 0 bridgehead atoms. The van der Waals surface area contributed by atoms with Crippen molar-refractivity contribution in [3.63, 3.8) is 0 Å². The summed E-state index contributed by atoms with van der Waals surface area (Å²) >= 11 is 0. The Morgan fingerprint density at radius 3 is 2.78 bits per heavy atom. The maximum absolute atomic E-state index is 8.88. The van der Waals surface area contributed by atoms with Crippen LogP contribution in [0.25, 0.3) is 0 Å². The lowest BCUT2D eigenvalue weighted by atomic mass is 10.2. The van der Waals surface area contributed by atoms with Gasteiger partial charge < -0.3 is 10.2 Å². The fourth-order valence-corrected chi connectivity index (χ4v) is 1.63. The van der Waals surface area contributed by atoms with Crippen LogP contribution in [0.4, 0.5) is 5.82 Å². The second kappa shape index (κ2) is 6.97. The second-order valence-electron chi connectivity index (χ2n) is 4.85. The van der Waals surface area contributed by atoms with Crippen molar-refractivity contribution in [2.75, 3.05) is 25.5 Å². The van der Waals surface area contributed by atoms with E-state index in [2.05, 4.69) is 42.2 Å². The first kappa shape index (κ1) is 14.5. The molecule has 4 nitrogen and oxygen atoms in total. The molecule has 0 unspecified atom stereocenters. The molecule has 0 fully saturated rings. The van der Waals surface area contributed by atoms with Crippen molar-refractivity contribution >= 4 is 5.82 Å². The fourth-order valence-electron chi connectivity index (χ4n) is 1.63. The first-order valence-electron chi connectivity index (χ1n) is 6.36. The molecule has 1 aromatic rings. The summed E-state index contributed by atoms with van der Waals surface area (Å²) in [6.45, 7) is 8.21. The monoisotopic (exact) mass is 246 g/mol. The van der Waals surface area contributed by atoms with E-state index >= 15 is 0 Å². The summed E-state index contributed by atoms with van der Waals surface area (Å²) in [4.78, 5) is 6.67. The Balaban J connectivity index is 2.40. The van der Waals surface area contributed by atoms with Crippen molar-refractivity contribution in [1.29, 1.82) is 5.26 Å². The van der Waals surface area contributed by atoms with E-state index in [4.69, 9.17) is 5.26 Å². The number of nitriles is 1. The summed E-state index contributed by atoms with van der Waals surface area (Å²) in [5.41, 5.74) is 1.53. The van der Waals surface area contributed by atoms with Gasteiger partial charge in [-0.2, -0.15) is 5.26 Å². The minimum Gasteiger partial charge on any atom is -0.370 e. The highest BCUT2D eigenvalue weighted by Crippen LogP contribution is 2.09. The van der Waals surface area contributed by atoms with Gasteiger partial charge in [0.2, 0.25) is 0 Å². The molecule has 0 aliphatic carbocycles. The largest absolute Gasteiger partial charge is 0.370 e. The van der Waals surface area contributed by atoms with Gasteiger partial charge in [-0.15, -0.1) is 0 Å². The quantitative estimate of drug-likeness (QED) is 0.783. The van der Waals surface area contributed by atoms with Crippen molar-refractivity contribution in [3.8, 4) is 6.07 Å². The number of hydrogen-bond acceptors (Lipinski definition) is 4. The molecular formula is C14H22N4. The van der Waals surface area contributed by atoms with E-state index in [1.54, 1.807) is 12.1 Å². The molecule has 0 saturated heterocycles. The van der Waals surface area contributed by atoms with Crippen molar-refractivity contribution in [2.24, 2.45) is 0 Å². The van der Waals surface area contributed by atoms with Crippen LogP contribution in [0.15, 0.2) is 12.1 Å². The zero-order valence-electron chi connectivity index (χ0n) is 11.7. The van der Waals surface area contributed by atoms with Crippen molar-refractivity contribution in [1.82, 2.24) is 9.88 Å². The van der Waals surface area contributed by atoms with E-state index in [-0.39, 0.29) is 0 Å². The number of aromatic nitrogens is 1. The molecule has 98 valence electrons. The van der Waals surface area contributed by atoms with Crippen molar-refractivity contribution in [2.45, 2.75) is 33.2 Å². The molecule has 0 spiro atoms. The molecule has 1 heterocycles. The van der Waals surface area contributed by atoms with Gasteiger partial charge in [0.05, 0.1) is 11.6 Å². The Labute approximate surface area is 110 Å². The number of aryl methyl sites for hydroxylation is 1. The Morgan fingerprint density at radius 2 is 2.17 bits per heavy atom. The van der Waals surface area contributed by atoms with Crippen molar-refractivity contribution in [3.05, 3.63) is 23.4 Å². The molecule has 4 heteroatoms. The summed E-state index contributed by atoms with van der Waals surface area (Å²) in [6.07, 6.45) is 1.06. The molecule has 0 radical (unpaired) electrons. The normalized spacial score (nSPS) is 10.7. The van der Waals surface area contributed by atoms with Crippen LogP contribution in [0.1, 0.15) is 31.5 Å². The minimum absolute atomic E-state index is 0.576. The standard InChI is InChI=1S/C14H22N4/c1-11(2)18(4)7-5-6-16-14-9-13(10-15)8-12(3)17-14/h8-9,11H,5-7H2,1-4H3,(H,16,17). The summed E-state index contributed by atoms with van der Waals surface area (Å²) < 4.78 is 0. The molecule has 0 aliphatic rings. The predicted molar refractivity (Wildman–Crippen MR) is 74.6 cm³/mol. The summed E-state index contributed by atoms with van der Waals surface area (Å²) in [5, 5.41) is 12.1. The van der Waals surface area contributed by atoms with Crippen LogP contribution < -0.4 is 5.32 Å². The number of rotatable bonds is 6. The molecule has 1 aromatic heterocycles. The number of nitrogens with zero attached hydrogens (tertiary/aromatic N) is 3. The molecule has 1 N–H and O–H groups in total. The maximum atomic E-state index is 8.88. The lowest BCUT2D eigenvalue weighted by Gasteiger charge is -2.20. The second-order valence-corrected chi connectivity index (χ2v) is 4.85. The maximum Gasteiger partial charge on any atom is 0.127 e. The Bertz CT molecular complexity index is 420. The zero-order valence-corrected chi connectivity index (χ0v) is 11.7. The first-order valence-corrected chi connectivity index (χ1v) is 6.36. The highest BCUT2D eigenvalue weighted by molar-refractivity contribution is 5.44. The van der Waals surface area contributed by atoms with Crippen LogP contribution in [0.3, 0.4) is 0 Å². The number of anilines is 1. The van der Waals surface area contributed by atoms with Gasteiger partial charge in [-0.05, 0) is 52.9 Å². The van der Waals surface area contributed by atoms with Crippen LogP contribution in [-0.4, -0.2) is 36.1 Å². The number of pyridine rings is 1. The minimum atomic E-state index is 0.576. The lowest BCUT2D eigenvalue weighted by Crippen LogP contribution is -2.28. The third-order valence-corrected chi connectivity index (χ3v) is 2.96. The van der Waals surface area contributed by atoms with Crippen molar-refractivity contribution < 1.29 is 0 Å². The molecule has 0 saturated carbocycles. The van der Waals surface area contributed by atoms with E-state index in [0.29, 0.717) is 11.6 Å². The van der Waals surface area contributed by atoms with Crippen LogP contribution >= 0.6 is 0 Å². The predicted octanol–water partition coefficient (Wildman–Crippen LogP) is 2.40. The average Bonchev–Trinajstić information content (AvgIpc) is 2.33. The number of hydrogen-bond donors (Lipinski definition) is 1. The van der Waals surface area contributed by atoms with E-state index in [0.717, 1.165) is 31.0 Å². The van der Waals surface area contributed by atoms with Gasteiger partial charge in [0.25, 0.3) is 0 Å². The van der Waals surface area contributed by atoms with E-state index in [1.807, 2.05) is 6.92 Å². The molecule has 0 aliphatic heterocycles. The molecule has 0 aromatic carbocycles. The summed E-state index contributed by atoms with van der Waals surface area (Å²) in [5.74, 6) is 0.791. The van der Waals surface area contributed by atoms with Gasteiger partial charge in [-0.25, -0.2) is 4.98 Å². The van der Waals surface area contributed by atoms with Crippen LogP contribution in [0, 0.1) is 18.3 Å². The van der Waals surface area contributed by atoms with Crippen LogP contribution in [0.5, 0.6) is 0 Å². The van der Waals surface area contributed by atoms with E-state index < -0.39 is 0 Å². The van der Waals surface area contributed by atoms with Gasteiger partial charge in [0.15, 0.2) is 0 Å². The van der Waals surface area contributed by atoms with E-state index in [9.17, 15) is 0 Å². The van der Waals surface area contributed by atoms with Crippen LogP contribution in [-0.2, 0) is 0 Å². The Hall–Kier alpha value is -1.60. The average molecular weight is 246 g/mol. The van der Waals surface area contributed by atoms with Gasteiger partial charge in [0.1, 0.15) is 5.82 Å².